The van der Waals surface area contributed by atoms with E-state index < -0.39 is 48.7 Å². The van der Waals surface area contributed by atoms with E-state index in [1.807, 2.05) is 10.6 Å². The van der Waals surface area contributed by atoms with Gasteiger partial charge < -0.3 is 25.7 Å². The number of carbonyl (C=O) groups excluding carboxylic acids is 3. The van der Waals surface area contributed by atoms with Crippen molar-refractivity contribution in [2.45, 2.75) is 38.2 Å². The molecule has 0 rings (SSSR count). The summed E-state index contributed by atoms with van der Waals surface area (Å²) in [4.78, 5) is 34.2. The summed E-state index contributed by atoms with van der Waals surface area (Å²) >= 11 is 0. The summed E-state index contributed by atoms with van der Waals surface area (Å²) in [5.74, 6) is -2.61. The summed E-state index contributed by atoms with van der Waals surface area (Å²) in [5, 5.41) is 41.3. The largest absolute Gasteiger partial charge is 0.394 e. The minimum absolute atomic E-state index is 0.0235. The second kappa shape index (κ2) is 8.47. The van der Waals surface area contributed by atoms with Crippen molar-refractivity contribution in [2.75, 3.05) is 6.61 Å². The SMILES string of the molecule is C=C(C)C(=O)NC(=O)[C@H](NC(C)=O)[C@@H](O)[C@@H](O)[C@H](O)CO. The lowest BCUT2D eigenvalue weighted by molar-refractivity contribution is -0.140. The van der Waals surface area contributed by atoms with Crippen LogP contribution >= 0.6 is 0 Å². The Hall–Kier alpha value is -1.81. The van der Waals surface area contributed by atoms with Crippen LogP contribution in [0.4, 0.5) is 0 Å². The predicted octanol–water partition coefficient (Wildman–Crippen LogP) is -3.21. The summed E-state index contributed by atoms with van der Waals surface area (Å²) in [6.07, 6.45) is -5.56. The van der Waals surface area contributed by atoms with Crippen molar-refractivity contribution in [3.05, 3.63) is 12.2 Å². The van der Waals surface area contributed by atoms with E-state index in [2.05, 4.69) is 6.58 Å². The fraction of sp³-hybridized carbons (Fsp3) is 0.583. The number of amides is 3. The van der Waals surface area contributed by atoms with Crippen LogP contribution in [0.5, 0.6) is 0 Å². The molecule has 6 N–H and O–H groups in total. The van der Waals surface area contributed by atoms with Crippen molar-refractivity contribution >= 4 is 17.7 Å². The lowest BCUT2D eigenvalue weighted by Crippen LogP contribution is -2.59. The molecule has 0 saturated heterocycles. The first kappa shape index (κ1) is 19.2. The van der Waals surface area contributed by atoms with Crippen LogP contribution in [0.25, 0.3) is 0 Å². The van der Waals surface area contributed by atoms with Gasteiger partial charge in [-0.2, -0.15) is 0 Å². The highest BCUT2D eigenvalue weighted by Crippen LogP contribution is 2.06. The van der Waals surface area contributed by atoms with E-state index in [0.717, 1.165) is 6.92 Å². The van der Waals surface area contributed by atoms with Crippen LogP contribution in [0.1, 0.15) is 13.8 Å². The molecule has 0 aromatic heterocycles. The zero-order chi connectivity index (χ0) is 16.7. The van der Waals surface area contributed by atoms with Gasteiger partial charge in [-0.05, 0) is 6.92 Å². The highest BCUT2D eigenvalue weighted by Gasteiger charge is 2.36. The number of carbonyl (C=O) groups is 3. The molecule has 9 nitrogen and oxygen atoms in total. The first-order valence-corrected chi connectivity index (χ1v) is 6.04. The average molecular weight is 304 g/mol. The number of rotatable bonds is 7. The molecule has 21 heavy (non-hydrogen) atoms. The molecule has 0 bridgehead atoms. The predicted molar refractivity (Wildman–Crippen MR) is 70.7 cm³/mol. The maximum atomic E-state index is 11.8. The number of hydrogen-bond acceptors (Lipinski definition) is 7. The third kappa shape index (κ3) is 6.00. The molecule has 9 heteroatoms. The van der Waals surface area contributed by atoms with Gasteiger partial charge in [0.25, 0.3) is 11.8 Å². The van der Waals surface area contributed by atoms with Crippen molar-refractivity contribution in [1.82, 2.24) is 10.6 Å². The van der Waals surface area contributed by atoms with Gasteiger partial charge in [-0.15, -0.1) is 0 Å². The Labute approximate surface area is 121 Å². The fourth-order valence-corrected chi connectivity index (χ4v) is 1.35. The lowest BCUT2D eigenvalue weighted by atomic mass is 10.00. The van der Waals surface area contributed by atoms with Crippen LogP contribution in [0.3, 0.4) is 0 Å². The van der Waals surface area contributed by atoms with Gasteiger partial charge in [-0.3, -0.25) is 19.7 Å². The quantitative estimate of drug-likeness (QED) is 0.270. The van der Waals surface area contributed by atoms with E-state index in [1.165, 1.54) is 6.92 Å². The highest BCUT2D eigenvalue weighted by molar-refractivity contribution is 6.05. The Bertz CT molecular complexity index is 424. The molecular weight excluding hydrogens is 284 g/mol. The van der Waals surface area contributed by atoms with Gasteiger partial charge in [0.15, 0.2) is 0 Å². The van der Waals surface area contributed by atoms with Gasteiger partial charge in [-0.1, -0.05) is 6.58 Å². The van der Waals surface area contributed by atoms with Gasteiger partial charge >= 0.3 is 0 Å². The third-order valence-electron chi connectivity index (χ3n) is 2.54. The maximum Gasteiger partial charge on any atom is 0.252 e. The summed E-state index contributed by atoms with van der Waals surface area (Å²) in [5.41, 5.74) is 0.0235. The van der Waals surface area contributed by atoms with E-state index in [1.54, 1.807) is 0 Å². The van der Waals surface area contributed by atoms with Gasteiger partial charge in [-0.25, -0.2) is 0 Å². The maximum absolute atomic E-state index is 11.8. The molecule has 0 aromatic rings. The summed E-state index contributed by atoms with van der Waals surface area (Å²) in [7, 11) is 0. The van der Waals surface area contributed by atoms with Gasteiger partial charge in [0.1, 0.15) is 24.4 Å². The van der Waals surface area contributed by atoms with Crippen molar-refractivity contribution in [3.8, 4) is 0 Å². The Morgan fingerprint density at radius 1 is 1.10 bits per heavy atom. The van der Waals surface area contributed by atoms with Crippen LogP contribution in [0.15, 0.2) is 12.2 Å². The van der Waals surface area contributed by atoms with E-state index in [-0.39, 0.29) is 5.57 Å². The third-order valence-corrected chi connectivity index (χ3v) is 2.54. The normalized spacial score (nSPS) is 16.3. The van der Waals surface area contributed by atoms with Crippen LogP contribution in [0, 0.1) is 0 Å². The van der Waals surface area contributed by atoms with Crippen LogP contribution in [-0.2, 0) is 14.4 Å². The molecule has 0 aliphatic carbocycles. The summed E-state index contributed by atoms with van der Waals surface area (Å²) in [6, 6.07) is -1.69. The van der Waals surface area contributed by atoms with Gasteiger partial charge in [0.05, 0.1) is 6.61 Å². The van der Waals surface area contributed by atoms with Crippen molar-refractivity contribution < 1.29 is 34.8 Å². The summed E-state index contributed by atoms with van der Waals surface area (Å²) in [6.45, 7) is 4.85. The fourth-order valence-electron chi connectivity index (χ4n) is 1.35. The number of nitrogens with one attached hydrogen (secondary N) is 2. The molecule has 120 valence electrons. The molecule has 0 fully saturated rings. The van der Waals surface area contributed by atoms with Gasteiger partial charge in [0, 0.05) is 12.5 Å². The van der Waals surface area contributed by atoms with Crippen LogP contribution in [0.2, 0.25) is 0 Å². The number of aliphatic hydroxyl groups is 4. The monoisotopic (exact) mass is 304 g/mol. The second-order valence-electron chi connectivity index (χ2n) is 4.51. The first-order valence-electron chi connectivity index (χ1n) is 6.04. The molecule has 0 spiro atoms. The molecule has 0 saturated carbocycles. The topological polar surface area (TPSA) is 156 Å². The first-order chi connectivity index (χ1) is 9.61. The standard InChI is InChI=1S/C12H20N2O7/c1-5(2)11(20)14-12(21)8(13-6(3)16)10(19)9(18)7(17)4-15/h7-10,15,17-19H,1,4H2,2-3H3,(H,13,16)(H,14,20,21)/t7-,8-,9+,10-/m1/s1. The van der Waals surface area contributed by atoms with Crippen LogP contribution < -0.4 is 10.6 Å². The van der Waals surface area contributed by atoms with E-state index in [9.17, 15) is 29.7 Å². The van der Waals surface area contributed by atoms with E-state index in [0.29, 0.717) is 0 Å². The lowest BCUT2D eigenvalue weighted by Gasteiger charge is -2.28. The van der Waals surface area contributed by atoms with Crippen molar-refractivity contribution in [2.24, 2.45) is 0 Å². The minimum Gasteiger partial charge on any atom is -0.394 e. The highest BCUT2D eigenvalue weighted by atomic mass is 16.4. The molecule has 4 atom stereocenters. The van der Waals surface area contributed by atoms with Crippen molar-refractivity contribution in [1.29, 1.82) is 0 Å². The number of imide groups is 1. The molecule has 0 radical (unpaired) electrons. The number of aliphatic hydroxyl groups excluding tert-OH is 4. The molecule has 0 unspecified atom stereocenters. The van der Waals surface area contributed by atoms with E-state index in [4.69, 9.17) is 5.11 Å². The molecule has 3 amide bonds. The molecule has 0 heterocycles. The average Bonchev–Trinajstić information content (AvgIpc) is 2.41. The second-order valence-corrected chi connectivity index (χ2v) is 4.51. The smallest absolute Gasteiger partial charge is 0.252 e. The summed E-state index contributed by atoms with van der Waals surface area (Å²) < 4.78 is 0. The molecule has 0 aliphatic heterocycles. The Kier molecular flexibility index (Phi) is 7.74. The molecular formula is C12H20N2O7. The number of hydrogen-bond donors (Lipinski definition) is 6. The van der Waals surface area contributed by atoms with Crippen LogP contribution in [-0.4, -0.2) is 69.1 Å². The zero-order valence-electron chi connectivity index (χ0n) is 11.7. The molecule has 0 aromatic carbocycles. The Morgan fingerprint density at radius 3 is 2.00 bits per heavy atom. The zero-order valence-corrected chi connectivity index (χ0v) is 11.7. The Balaban J connectivity index is 5.10. The Morgan fingerprint density at radius 2 is 1.62 bits per heavy atom. The van der Waals surface area contributed by atoms with E-state index >= 15 is 0 Å². The van der Waals surface area contributed by atoms with Gasteiger partial charge in [0.2, 0.25) is 5.91 Å². The minimum atomic E-state index is -1.94. The molecule has 0 aliphatic rings. The van der Waals surface area contributed by atoms with Crippen molar-refractivity contribution in [3.63, 3.8) is 0 Å².